The molecule has 0 aliphatic carbocycles. The third-order valence-electron chi connectivity index (χ3n) is 4.21. The van der Waals surface area contributed by atoms with E-state index >= 15 is 0 Å². The van der Waals surface area contributed by atoms with E-state index < -0.39 is 5.97 Å². The zero-order chi connectivity index (χ0) is 21.3. The van der Waals surface area contributed by atoms with Crippen molar-refractivity contribution in [3.8, 4) is 11.4 Å². The number of aromatic nitrogens is 3. The van der Waals surface area contributed by atoms with Gasteiger partial charge in [0.15, 0.2) is 5.82 Å². The zero-order valence-electron chi connectivity index (χ0n) is 16.7. The number of aliphatic carboxylic acids is 1. The van der Waals surface area contributed by atoms with Crippen LogP contribution in [0.3, 0.4) is 0 Å². The summed E-state index contributed by atoms with van der Waals surface area (Å²) >= 11 is 0. The highest BCUT2D eigenvalue weighted by Gasteiger charge is 2.08. The Morgan fingerprint density at radius 1 is 1.13 bits per heavy atom. The first-order valence-corrected chi connectivity index (χ1v) is 9.53. The van der Waals surface area contributed by atoms with Crippen LogP contribution in [0.4, 0.5) is 17.3 Å². The summed E-state index contributed by atoms with van der Waals surface area (Å²) in [5, 5.41) is 15.3. The van der Waals surface area contributed by atoms with Gasteiger partial charge in [-0.15, -0.1) is 0 Å². The van der Waals surface area contributed by atoms with Crippen LogP contribution < -0.4 is 16.4 Å². The molecule has 0 aliphatic heterocycles. The molecule has 0 radical (unpaired) electrons. The Hall–Kier alpha value is -3.56. The molecule has 156 valence electrons. The molecule has 0 unspecified atom stereocenters. The van der Waals surface area contributed by atoms with Gasteiger partial charge in [0, 0.05) is 36.6 Å². The van der Waals surface area contributed by atoms with E-state index in [0.29, 0.717) is 31.4 Å². The van der Waals surface area contributed by atoms with Crippen molar-refractivity contribution in [2.24, 2.45) is 5.73 Å². The Morgan fingerprint density at radius 3 is 2.73 bits per heavy atom. The monoisotopic (exact) mass is 407 g/mol. The fourth-order valence-corrected chi connectivity index (χ4v) is 2.96. The molecular weight excluding hydrogens is 382 g/mol. The van der Waals surface area contributed by atoms with Gasteiger partial charge in [-0.2, -0.15) is 4.98 Å². The maximum absolute atomic E-state index is 10.8. The normalized spacial score (nSPS) is 10.8. The molecule has 3 aromatic rings. The summed E-state index contributed by atoms with van der Waals surface area (Å²) in [6, 6.07) is 15.5. The average Bonchev–Trinajstić information content (AvgIpc) is 2.72. The summed E-state index contributed by atoms with van der Waals surface area (Å²) < 4.78 is 0. The molecule has 1 heterocycles. The number of carboxylic acid groups (broad SMARTS) is 1. The van der Waals surface area contributed by atoms with E-state index in [1.807, 2.05) is 48.5 Å². The first-order valence-electron chi connectivity index (χ1n) is 9.53. The van der Waals surface area contributed by atoms with E-state index in [9.17, 15) is 4.79 Å². The topological polar surface area (TPSA) is 129 Å². The minimum atomic E-state index is -0.855. The van der Waals surface area contributed by atoms with Crippen LogP contribution in [0.2, 0.25) is 0 Å². The smallest absolute Gasteiger partial charge is 0.317 e. The first kappa shape index (κ1) is 21.2. The highest BCUT2D eigenvalue weighted by atomic mass is 16.4. The number of hydrogen-bond donors (Lipinski definition) is 4. The number of likely N-dealkylation sites (N-methyl/N-ethyl adjacent to an activating group) is 1. The van der Waals surface area contributed by atoms with Crippen molar-refractivity contribution >= 4 is 23.3 Å². The fraction of sp³-hybridized carbons (Fsp3) is 0.238. The summed E-state index contributed by atoms with van der Waals surface area (Å²) in [6.45, 7) is 1.74. The van der Waals surface area contributed by atoms with Gasteiger partial charge in [0.05, 0.1) is 6.54 Å². The average molecular weight is 407 g/mol. The highest BCUT2D eigenvalue weighted by molar-refractivity contribution is 5.69. The number of hydrogen-bond acceptors (Lipinski definition) is 8. The summed E-state index contributed by atoms with van der Waals surface area (Å²) in [6.07, 6.45) is 1.47. The second-order valence-corrected chi connectivity index (χ2v) is 6.82. The molecule has 3 rings (SSSR count). The van der Waals surface area contributed by atoms with Crippen molar-refractivity contribution in [3.63, 3.8) is 0 Å². The lowest BCUT2D eigenvalue weighted by molar-refractivity contribution is -0.138. The van der Waals surface area contributed by atoms with Crippen molar-refractivity contribution in [2.45, 2.75) is 6.54 Å². The van der Waals surface area contributed by atoms with E-state index in [4.69, 9.17) is 10.8 Å². The number of carboxylic acids is 1. The molecule has 5 N–H and O–H groups in total. The van der Waals surface area contributed by atoms with Gasteiger partial charge in [-0.05, 0) is 36.9 Å². The maximum atomic E-state index is 10.8. The molecule has 0 amide bonds. The summed E-state index contributed by atoms with van der Waals surface area (Å²) in [5.74, 6) is 0.129. The van der Waals surface area contributed by atoms with Crippen LogP contribution in [0, 0.1) is 0 Å². The van der Waals surface area contributed by atoms with Crippen molar-refractivity contribution in [3.05, 3.63) is 60.4 Å². The lowest BCUT2D eigenvalue weighted by Gasteiger charge is -2.15. The maximum Gasteiger partial charge on any atom is 0.317 e. The van der Waals surface area contributed by atoms with E-state index in [1.165, 1.54) is 6.33 Å². The second-order valence-electron chi connectivity index (χ2n) is 6.82. The molecule has 0 atom stereocenters. The largest absolute Gasteiger partial charge is 0.480 e. The quantitative estimate of drug-likeness (QED) is 0.399. The molecule has 0 saturated carbocycles. The minimum Gasteiger partial charge on any atom is -0.480 e. The van der Waals surface area contributed by atoms with Crippen LogP contribution in [0.25, 0.3) is 11.4 Å². The van der Waals surface area contributed by atoms with Gasteiger partial charge >= 0.3 is 5.97 Å². The van der Waals surface area contributed by atoms with Crippen LogP contribution in [0.1, 0.15) is 5.56 Å². The minimum absolute atomic E-state index is 0.0202. The third kappa shape index (κ3) is 6.23. The number of nitrogens with zero attached hydrogens (tertiary/aromatic N) is 4. The lowest BCUT2D eigenvalue weighted by Crippen LogP contribution is -2.25. The molecule has 30 heavy (non-hydrogen) atoms. The number of carbonyl (C=O) groups is 1. The van der Waals surface area contributed by atoms with Crippen LogP contribution in [-0.4, -0.2) is 57.6 Å². The molecule has 0 spiro atoms. The van der Waals surface area contributed by atoms with E-state index in [-0.39, 0.29) is 6.54 Å². The molecule has 1 aromatic heterocycles. The summed E-state index contributed by atoms with van der Waals surface area (Å²) in [5.41, 5.74) is 9.16. The van der Waals surface area contributed by atoms with Crippen molar-refractivity contribution in [2.75, 3.05) is 37.3 Å². The van der Waals surface area contributed by atoms with Crippen LogP contribution in [0.15, 0.2) is 54.9 Å². The molecule has 9 nitrogen and oxygen atoms in total. The Labute approximate surface area is 175 Å². The number of rotatable bonds is 10. The molecule has 0 fully saturated rings. The van der Waals surface area contributed by atoms with Crippen LogP contribution in [0.5, 0.6) is 0 Å². The van der Waals surface area contributed by atoms with Gasteiger partial charge in [0.2, 0.25) is 5.95 Å². The number of nitrogens with two attached hydrogens (primary N) is 1. The molecule has 0 aliphatic rings. The number of anilines is 3. The van der Waals surface area contributed by atoms with Crippen molar-refractivity contribution in [1.82, 2.24) is 19.9 Å². The Bertz CT molecular complexity index is 996. The molecule has 0 bridgehead atoms. The van der Waals surface area contributed by atoms with Crippen molar-refractivity contribution < 1.29 is 9.90 Å². The van der Waals surface area contributed by atoms with Crippen LogP contribution >= 0.6 is 0 Å². The predicted molar refractivity (Wildman–Crippen MR) is 117 cm³/mol. The van der Waals surface area contributed by atoms with Gasteiger partial charge in [0.1, 0.15) is 6.33 Å². The summed E-state index contributed by atoms with van der Waals surface area (Å²) in [7, 11) is 1.77. The second kappa shape index (κ2) is 10.3. The van der Waals surface area contributed by atoms with Gasteiger partial charge in [0.25, 0.3) is 0 Å². The molecule has 2 aromatic carbocycles. The van der Waals surface area contributed by atoms with E-state index in [2.05, 4.69) is 25.6 Å². The first-order chi connectivity index (χ1) is 14.5. The third-order valence-corrected chi connectivity index (χ3v) is 4.21. The molecule has 0 saturated heterocycles. The number of nitrogens with one attached hydrogen (secondary N) is 2. The predicted octanol–water partition coefficient (Wildman–Crippen LogP) is 2.17. The molecule has 9 heteroatoms. The van der Waals surface area contributed by atoms with Crippen LogP contribution in [-0.2, 0) is 11.3 Å². The van der Waals surface area contributed by atoms with E-state index in [0.717, 1.165) is 22.5 Å². The molecular formula is C21H25N7O2. The highest BCUT2D eigenvalue weighted by Crippen LogP contribution is 2.21. The van der Waals surface area contributed by atoms with E-state index in [1.54, 1.807) is 11.9 Å². The van der Waals surface area contributed by atoms with Gasteiger partial charge in [-0.1, -0.05) is 24.3 Å². The lowest BCUT2D eigenvalue weighted by atomic mass is 10.2. The van der Waals surface area contributed by atoms with Crippen molar-refractivity contribution in [1.29, 1.82) is 0 Å². The van der Waals surface area contributed by atoms with Gasteiger partial charge in [-0.3, -0.25) is 9.69 Å². The fourth-order valence-electron chi connectivity index (χ4n) is 2.96. The number of benzene rings is 2. The standard InChI is InChI=1S/C21H25N7O2/c1-28(13-19(29)30)12-15-4-2-7-18(10-15)26-21-25-14-24-20(27-21)16-5-3-6-17(11-16)23-9-8-22/h2-7,10-11,14,23H,8-9,12-13,22H2,1H3,(H,29,30)(H,24,25,26,27). The Balaban J connectivity index is 1.73. The van der Waals surface area contributed by atoms with Gasteiger partial charge in [-0.25, -0.2) is 9.97 Å². The Morgan fingerprint density at radius 2 is 1.93 bits per heavy atom. The zero-order valence-corrected chi connectivity index (χ0v) is 16.7. The Kier molecular flexibility index (Phi) is 7.25. The SMILES string of the molecule is CN(CC(=O)O)Cc1cccc(Nc2ncnc(-c3cccc(NCCN)c3)n2)c1. The van der Waals surface area contributed by atoms with Gasteiger partial charge < -0.3 is 21.5 Å². The summed E-state index contributed by atoms with van der Waals surface area (Å²) in [4.78, 5) is 25.6.